The first-order valence-corrected chi connectivity index (χ1v) is 18.8. The number of aliphatic hydroxyl groups is 2. The van der Waals surface area contributed by atoms with E-state index in [9.17, 15) is 24.6 Å². The molecule has 16 heteroatoms. The van der Waals surface area contributed by atoms with Gasteiger partial charge in [-0.1, -0.05) is 103 Å². The van der Waals surface area contributed by atoms with Gasteiger partial charge in [-0.3, -0.25) is 9.59 Å². The number of nitrogens with zero attached hydrogens (tertiary/aromatic N) is 5. The molecule has 7 N–H and O–H groups in total. The second-order valence-corrected chi connectivity index (χ2v) is 13.8. The molecule has 1 aliphatic rings. The quantitative estimate of drug-likeness (QED) is 0.0780. The smallest absolute Gasteiger partial charge is 0.319 e. The third-order valence-corrected chi connectivity index (χ3v) is 10.0. The van der Waals surface area contributed by atoms with Gasteiger partial charge in [0, 0.05) is 37.5 Å². The van der Waals surface area contributed by atoms with E-state index in [4.69, 9.17) is 4.52 Å². The van der Waals surface area contributed by atoms with Gasteiger partial charge in [-0.15, -0.1) is 0 Å². The number of nitrogens with one attached hydrogen (secondary N) is 5. The van der Waals surface area contributed by atoms with Crippen LogP contribution in [0.2, 0.25) is 0 Å². The molecule has 0 spiro atoms. The second kappa shape index (κ2) is 17.4. The summed E-state index contributed by atoms with van der Waals surface area (Å²) in [6, 6.07) is 27.4. The van der Waals surface area contributed by atoms with Crippen molar-refractivity contribution in [2.24, 2.45) is 0 Å². The average Bonchev–Trinajstić information content (AvgIpc) is 3.91. The molecular weight excluding hydrogens is 729 g/mol. The van der Waals surface area contributed by atoms with Crippen molar-refractivity contribution in [1.82, 2.24) is 40.6 Å². The predicted octanol–water partition coefficient (Wildman–Crippen LogP) is 4.15. The normalized spacial score (nSPS) is 17.7. The molecule has 1 saturated carbocycles. The van der Waals surface area contributed by atoms with Crippen LogP contribution in [-0.4, -0.2) is 90.6 Å². The van der Waals surface area contributed by atoms with Gasteiger partial charge in [-0.05, 0) is 24.5 Å². The lowest BCUT2D eigenvalue weighted by Gasteiger charge is -2.20. The molecule has 0 saturated heterocycles. The summed E-state index contributed by atoms with van der Waals surface area (Å²) < 4.78 is 6.94. The molecule has 16 nitrogen and oxygen atoms in total. The molecule has 294 valence electrons. The number of benzene rings is 3. The number of anilines is 2. The Balaban J connectivity index is 1.10. The fraction of sp³-hybridized carbons (Fsp3) is 0.293. The van der Waals surface area contributed by atoms with Crippen LogP contribution in [0.3, 0.4) is 0 Å². The number of imidazole rings is 1. The van der Waals surface area contributed by atoms with Crippen molar-refractivity contribution in [3.05, 3.63) is 120 Å². The van der Waals surface area contributed by atoms with E-state index < -0.39 is 36.2 Å². The lowest BCUT2D eigenvalue weighted by molar-refractivity contribution is -0.122. The number of hydrogen-bond acceptors (Lipinski definition) is 11. The minimum absolute atomic E-state index is 0.0419. The van der Waals surface area contributed by atoms with Gasteiger partial charge in [0.2, 0.25) is 11.7 Å². The Kier molecular flexibility index (Phi) is 11.8. The van der Waals surface area contributed by atoms with Crippen LogP contribution in [0, 0.1) is 6.92 Å². The largest absolute Gasteiger partial charge is 0.388 e. The van der Waals surface area contributed by atoms with Crippen LogP contribution in [0.25, 0.3) is 22.4 Å². The molecule has 0 bridgehead atoms. The first-order chi connectivity index (χ1) is 27.7. The fourth-order valence-electron chi connectivity index (χ4n) is 7.02. The SMILES string of the molecule is CCC(=O)N[C@H]1C[C@@H](n2cnc3c(NCC(c4ccccc4)c4ccccc4)nc(C(=O)NCCNC(=O)Nc4c(-c5ccccc5)noc4C)nc32)[C@H](O)[C@@H]1O. The van der Waals surface area contributed by atoms with Gasteiger partial charge in [0.1, 0.15) is 29.1 Å². The summed E-state index contributed by atoms with van der Waals surface area (Å²) in [5, 5.41) is 40.6. The van der Waals surface area contributed by atoms with Gasteiger partial charge in [0.05, 0.1) is 18.4 Å². The summed E-state index contributed by atoms with van der Waals surface area (Å²) in [6.45, 7) is 3.91. The van der Waals surface area contributed by atoms with Crippen LogP contribution in [0.5, 0.6) is 0 Å². The summed E-state index contributed by atoms with van der Waals surface area (Å²) in [4.78, 5) is 52.5. The van der Waals surface area contributed by atoms with E-state index in [0.717, 1.165) is 16.7 Å². The summed E-state index contributed by atoms with van der Waals surface area (Å²) in [5.74, 6) is -0.399. The van der Waals surface area contributed by atoms with E-state index in [0.29, 0.717) is 35.0 Å². The van der Waals surface area contributed by atoms with Crippen LogP contribution in [0.1, 0.15) is 59.2 Å². The minimum Gasteiger partial charge on any atom is -0.388 e. The molecular formula is C41H44N10O6. The lowest BCUT2D eigenvalue weighted by Crippen LogP contribution is -2.42. The molecule has 6 aromatic rings. The third kappa shape index (κ3) is 8.61. The van der Waals surface area contributed by atoms with E-state index >= 15 is 0 Å². The molecule has 0 radical (unpaired) electrons. The molecule has 0 aliphatic heterocycles. The van der Waals surface area contributed by atoms with Crippen molar-refractivity contribution >= 4 is 40.5 Å². The molecule has 1 aliphatic carbocycles. The summed E-state index contributed by atoms with van der Waals surface area (Å²) in [5.41, 5.74) is 4.45. The van der Waals surface area contributed by atoms with Crippen molar-refractivity contribution in [3.8, 4) is 11.3 Å². The number of fused-ring (bicyclic) bond motifs is 1. The van der Waals surface area contributed by atoms with E-state index in [1.807, 2.05) is 91.0 Å². The highest BCUT2D eigenvalue weighted by Gasteiger charge is 2.44. The van der Waals surface area contributed by atoms with Crippen molar-refractivity contribution in [3.63, 3.8) is 0 Å². The molecule has 4 amide bonds. The van der Waals surface area contributed by atoms with Crippen LogP contribution in [0.15, 0.2) is 102 Å². The average molecular weight is 773 g/mol. The highest BCUT2D eigenvalue weighted by molar-refractivity contribution is 5.95. The Bertz CT molecular complexity index is 2280. The second-order valence-electron chi connectivity index (χ2n) is 13.8. The van der Waals surface area contributed by atoms with Crippen LogP contribution in [-0.2, 0) is 4.79 Å². The number of hydrogen-bond donors (Lipinski definition) is 7. The van der Waals surface area contributed by atoms with Crippen molar-refractivity contribution in [1.29, 1.82) is 0 Å². The van der Waals surface area contributed by atoms with Crippen molar-refractivity contribution < 1.29 is 29.1 Å². The number of aliphatic hydroxyl groups excluding tert-OH is 2. The molecule has 3 aromatic carbocycles. The number of aromatic nitrogens is 5. The molecule has 4 atom stereocenters. The van der Waals surface area contributed by atoms with Gasteiger partial charge < -0.3 is 45.9 Å². The maximum Gasteiger partial charge on any atom is 0.319 e. The Morgan fingerprint density at radius 2 is 1.53 bits per heavy atom. The number of carbonyl (C=O) groups is 3. The topological polar surface area (TPSA) is 221 Å². The zero-order chi connectivity index (χ0) is 39.9. The number of rotatable bonds is 14. The van der Waals surface area contributed by atoms with E-state index in [1.54, 1.807) is 18.4 Å². The molecule has 0 unspecified atom stereocenters. The number of amides is 4. The highest BCUT2D eigenvalue weighted by Crippen LogP contribution is 2.35. The van der Waals surface area contributed by atoms with E-state index in [-0.39, 0.29) is 49.2 Å². The fourth-order valence-corrected chi connectivity index (χ4v) is 7.02. The lowest BCUT2D eigenvalue weighted by atomic mass is 9.91. The molecule has 57 heavy (non-hydrogen) atoms. The molecule has 1 fully saturated rings. The Labute approximate surface area is 328 Å². The van der Waals surface area contributed by atoms with Gasteiger partial charge in [-0.25, -0.2) is 19.7 Å². The number of carbonyl (C=O) groups excluding carboxylic acids is 3. The van der Waals surface area contributed by atoms with E-state index in [2.05, 4.69) is 46.7 Å². The number of aryl methyl sites for hydroxylation is 1. The first kappa shape index (κ1) is 38.6. The Hall–Kier alpha value is -6.65. The predicted molar refractivity (Wildman–Crippen MR) is 212 cm³/mol. The van der Waals surface area contributed by atoms with Gasteiger partial charge in [0.15, 0.2) is 17.2 Å². The number of urea groups is 1. The van der Waals surface area contributed by atoms with Gasteiger partial charge in [0.25, 0.3) is 5.91 Å². The zero-order valence-electron chi connectivity index (χ0n) is 31.4. The Morgan fingerprint density at radius 3 is 2.19 bits per heavy atom. The standard InChI is InChI=1S/C41H44N10O6/c1-3-31(52)46-29-21-30(36(54)35(29)53)51-23-45-34-37(44-22-28(25-13-7-4-8-14-25)26-15-9-5-10-16-26)48-38(49-39(34)51)40(55)42-19-20-43-41(56)47-32-24(2)57-50-33(32)27-17-11-6-12-18-27/h4-18,23,28-30,35-36,53-54H,3,19-22H2,1-2H3,(H,42,55)(H,46,52)(H2,43,47,56)(H,44,48,49)/t29-,30+,35+,36-/m0/s1. The summed E-state index contributed by atoms with van der Waals surface area (Å²) in [7, 11) is 0. The van der Waals surface area contributed by atoms with E-state index in [1.165, 1.54) is 6.33 Å². The van der Waals surface area contributed by atoms with Crippen LogP contribution in [0.4, 0.5) is 16.3 Å². The highest BCUT2D eigenvalue weighted by atomic mass is 16.5. The first-order valence-electron chi connectivity index (χ1n) is 18.8. The van der Waals surface area contributed by atoms with Gasteiger partial charge >= 0.3 is 6.03 Å². The van der Waals surface area contributed by atoms with Crippen molar-refractivity contribution in [2.75, 3.05) is 30.3 Å². The summed E-state index contributed by atoms with van der Waals surface area (Å²) >= 11 is 0. The maximum absolute atomic E-state index is 13.7. The summed E-state index contributed by atoms with van der Waals surface area (Å²) in [6.07, 6.45) is -0.566. The van der Waals surface area contributed by atoms with Crippen LogP contribution < -0.4 is 26.6 Å². The third-order valence-electron chi connectivity index (χ3n) is 10.0. The minimum atomic E-state index is -1.25. The Morgan fingerprint density at radius 1 is 0.877 bits per heavy atom. The molecule has 3 heterocycles. The molecule has 7 rings (SSSR count). The maximum atomic E-state index is 13.7. The zero-order valence-corrected chi connectivity index (χ0v) is 31.4. The molecule has 3 aromatic heterocycles. The van der Waals surface area contributed by atoms with Crippen molar-refractivity contribution in [2.45, 2.75) is 56.9 Å². The van der Waals surface area contributed by atoms with Gasteiger partial charge in [-0.2, -0.15) is 0 Å². The van der Waals surface area contributed by atoms with Crippen LogP contribution >= 0.6 is 0 Å². The monoisotopic (exact) mass is 772 g/mol.